The van der Waals surface area contributed by atoms with E-state index < -0.39 is 5.67 Å². The zero-order valence-corrected chi connectivity index (χ0v) is 11.3. The minimum Gasteiger partial charge on any atom is -0.296 e. The number of halogens is 1. The van der Waals surface area contributed by atoms with Crippen LogP contribution in [0.3, 0.4) is 0 Å². The first-order chi connectivity index (χ1) is 7.71. The molecule has 1 aromatic rings. The summed E-state index contributed by atoms with van der Waals surface area (Å²) in [5.41, 5.74) is 1.43. The van der Waals surface area contributed by atoms with Crippen LogP contribution >= 0.6 is 0 Å². The van der Waals surface area contributed by atoms with Gasteiger partial charge >= 0.3 is 0 Å². The molecule has 0 aliphatic carbocycles. The van der Waals surface area contributed by atoms with Gasteiger partial charge in [-0.05, 0) is 43.4 Å². The summed E-state index contributed by atoms with van der Waals surface area (Å²) in [5, 5.41) is 0. The highest BCUT2D eigenvalue weighted by atomic mass is 19.1. The molecule has 0 amide bonds. The predicted octanol–water partition coefficient (Wildman–Crippen LogP) is 3.98. The first-order valence-electron chi connectivity index (χ1n) is 6.03. The molecule has 1 aromatic carbocycles. The van der Waals surface area contributed by atoms with Crippen molar-refractivity contribution in [1.29, 1.82) is 0 Å². The zero-order chi connectivity index (χ0) is 13.2. The topological polar surface area (TPSA) is 17.1 Å². The van der Waals surface area contributed by atoms with E-state index in [2.05, 4.69) is 19.9 Å². The Morgan fingerprint density at radius 1 is 1.35 bits per heavy atom. The molecule has 0 unspecified atom stereocenters. The van der Waals surface area contributed by atoms with Crippen LogP contribution in [-0.4, -0.2) is 11.5 Å². The summed E-state index contributed by atoms with van der Waals surface area (Å²) >= 11 is 0. The van der Waals surface area contributed by atoms with Crippen molar-refractivity contribution in [3.05, 3.63) is 34.9 Å². The van der Waals surface area contributed by atoms with E-state index in [0.717, 1.165) is 11.1 Å². The van der Waals surface area contributed by atoms with Gasteiger partial charge in [-0.1, -0.05) is 32.0 Å². The van der Waals surface area contributed by atoms with E-state index in [9.17, 15) is 9.18 Å². The zero-order valence-electron chi connectivity index (χ0n) is 11.3. The number of alkyl halides is 1. The van der Waals surface area contributed by atoms with E-state index in [1.54, 1.807) is 0 Å². The number of hydrogen-bond acceptors (Lipinski definition) is 1. The van der Waals surface area contributed by atoms with Crippen LogP contribution in [0.1, 0.15) is 50.3 Å². The Morgan fingerprint density at radius 2 is 1.94 bits per heavy atom. The van der Waals surface area contributed by atoms with Crippen LogP contribution in [0.25, 0.3) is 0 Å². The van der Waals surface area contributed by atoms with Crippen molar-refractivity contribution in [2.45, 2.75) is 52.6 Å². The van der Waals surface area contributed by atoms with Gasteiger partial charge < -0.3 is 0 Å². The first-order valence-corrected chi connectivity index (χ1v) is 6.03. The predicted molar refractivity (Wildman–Crippen MR) is 69.2 cm³/mol. The molecule has 0 spiro atoms. The van der Waals surface area contributed by atoms with E-state index in [-0.39, 0.29) is 12.2 Å². The van der Waals surface area contributed by atoms with Crippen molar-refractivity contribution in [3.8, 4) is 0 Å². The lowest BCUT2D eigenvalue weighted by molar-refractivity contribution is -0.127. The van der Waals surface area contributed by atoms with Crippen molar-refractivity contribution in [1.82, 2.24) is 0 Å². The highest BCUT2D eigenvalue weighted by molar-refractivity contribution is 5.88. The van der Waals surface area contributed by atoms with Gasteiger partial charge in [0.1, 0.15) is 0 Å². The number of carbonyl (C=O) groups excluding carboxylic acids is 1. The lowest BCUT2D eigenvalue weighted by Crippen LogP contribution is -2.27. The average molecular weight is 236 g/mol. The summed E-state index contributed by atoms with van der Waals surface area (Å²) in [6.07, 6.45) is 0.176. The fourth-order valence-corrected chi connectivity index (χ4v) is 1.62. The monoisotopic (exact) mass is 236 g/mol. The van der Waals surface area contributed by atoms with Crippen molar-refractivity contribution in [2.24, 2.45) is 0 Å². The summed E-state index contributed by atoms with van der Waals surface area (Å²) in [6.45, 7) is 8.80. The van der Waals surface area contributed by atoms with Crippen LogP contribution in [-0.2, 0) is 11.2 Å². The molecule has 0 saturated heterocycles. The standard InChI is InChI=1S/C15H21FO/c1-10(2)12-7-6-11(3)13(8-12)9-14(17)15(4,5)16/h6-8,10H,9H2,1-5H3. The number of benzene rings is 1. The van der Waals surface area contributed by atoms with Gasteiger partial charge in [0, 0.05) is 6.42 Å². The van der Waals surface area contributed by atoms with Gasteiger partial charge in [0.2, 0.25) is 0 Å². The Hall–Kier alpha value is -1.18. The second kappa shape index (κ2) is 4.99. The molecule has 17 heavy (non-hydrogen) atoms. The molecule has 0 fully saturated rings. The minimum absolute atomic E-state index is 0.176. The second-order valence-electron chi connectivity index (χ2n) is 5.41. The van der Waals surface area contributed by atoms with Crippen LogP contribution in [0.15, 0.2) is 18.2 Å². The van der Waals surface area contributed by atoms with E-state index in [1.807, 2.05) is 19.1 Å². The van der Waals surface area contributed by atoms with E-state index in [1.165, 1.54) is 19.4 Å². The second-order valence-corrected chi connectivity index (χ2v) is 5.41. The van der Waals surface area contributed by atoms with Crippen LogP contribution in [0, 0.1) is 6.92 Å². The summed E-state index contributed by atoms with van der Waals surface area (Å²) in [5.74, 6) is 0.0596. The molecule has 1 nitrogen and oxygen atoms in total. The van der Waals surface area contributed by atoms with Gasteiger partial charge in [0.25, 0.3) is 0 Å². The molecule has 0 aromatic heterocycles. The smallest absolute Gasteiger partial charge is 0.173 e. The number of aryl methyl sites for hydroxylation is 1. The molecule has 0 N–H and O–H groups in total. The van der Waals surface area contributed by atoms with Crippen molar-refractivity contribution in [2.75, 3.05) is 0 Å². The third-order valence-corrected chi connectivity index (χ3v) is 3.05. The number of hydrogen-bond donors (Lipinski definition) is 0. The number of rotatable bonds is 4. The molecule has 94 valence electrons. The quantitative estimate of drug-likeness (QED) is 0.773. The number of ketones is 1. The van der Waals surface area contributed by atoms with Crippen molar-refractivity contribution in [3.63, 3.8) is 0 Å². The Balaban J connectivity index is 2.98. The van der Waals surface area contributed by atoms with E-state index >= 15 is 0 Å². The highest BCUT2D eigenvalue weighted by Gasteiger charge is 2.26. The van der Waals surface area contributed by atoms with Crippen LogP contribution in [0.5, 0.6) is 0 Å². The number of carbonyl (C=O) groups is 1. The van der Waals surface area contributed by atoms with Crippen LogP contribution in [0.2, 0.25) is 0 Å². The summed E-state index contributed by atoms with van der Waals surface area (Å²) in [6, 6.07) is 6.08. The maximum absolute atomic E-state index is 13.5. The lowest BCUT2D eigenvalue weighted by atomic mass is 9.92. The SMILES string of the molecule is Cc1ccc(C(C)C)cc1CC(=O)C(C)(C)F. The van der Waals surface area contributed by atoms with Gasteiger partial charge in [-0.3, -0.25) is 4.79 Å². The Labute approximate surface area is 103 Å². The Morgan fingerprint density at radius 3 is 2.41 bits per heavy atom. The maximum Gasteiger partial charge on any atom is 0.173 e. The van der Waals surface area contributed by atoms with Crippen LogP contribution in [0.4, 0.5) is 4.39 Å². The van der Waals surface area contributed by atoms with Crippen molar-refractivity contribution < 1.29 is 9.18 Å². The van der Waals surface area contributed by atoms with Gasteiger partial charge in [-0.25, -0.2) is 4.39 Å². The fourth-order valence-electron chi connectivity index (χ4n) is 1.62. The Bertz CT molecular complexity index is 413. The molecular formula is C15H21FO. The third-order valence-electron chi connectivity index (χ3n) is 3.05. The molecule has 0 aliphatic rings. The van der Waals surface area contributed by atoms with Gasteiger partial charge in [-0.2, -0.15) is 0 Å². The largest absolute Gasteiger partial charge is 0.296 e. The van der Waals surface area contributed by atoms with Crippen LogP contribution < -0.4 is 0 Å². The normalized spacial score (nSPS) is 11.9. The molecule has 0 radical (unpaired) electrons. The van der Waals surface area contributed by atoms with Gasteiger partial charge in [0.15, 0.2) is 11.5 Å². The fraction of sp³-hybridized carbons (Fsp3) is 0.533. The van der Waals surface area contributed by atoms with Crippen molar-refractivity contribution >= 4 is 5.78 Å². The highest BCUT2D eigenvalue weighted by Crippen LogP contribution is 2.21. The summed E-state index contributed by atoms with van der Waals surface area (Å²) < 4.78 is 13.5. The van der Waals surface area contributed by atoms with Gasteiger partial charge in [-0.15, -0.1) is 0 Å². The van der Waals surface area contributed by atoms with Gasteiger partial charge in [0.05, 0.1) is 0 Å². The molecule has 0 saturated carbocycles. The average Bonchev–Trinajstić information content (AvgIpc) is 2.19. The Kier molecular flexibility index (Phi) is 4.07. The molecule has 1 rings (SSSR count). The third kappa shape index (κ3) is 3.65. The van der Waals surface area contributed by atoms with E-state index in [0.29, 0.717) is 5.92 Å². The molecule has 0 atom stereocenters. The maximum atomic E-state index is 13.5. The molecule has 0 heterocycles. The minimum atomic E-state index is -1.75. The summed E-state index contributed by atoms with van der Waals surface area (Å²) in [7, 11) is 0. The molecular weight excluding hydrogens is 215 g/mol. The molecule has 2 heteroatoms. The summed E-state index contributed by atoms with van der Waals surface area (Å²) in [4.78, 5) is 11.7. The lowest BCUT2D eigenvalue weighted by Gasteiger charge is -2.15. The number of Topliss-reactive ketones (excluding diaryl/α,β-unsaturated/α-hetero) is 1. The molecule has 0 aliphatic heterocycles. The van der Waals surface area contributed by atoms with E-state index in [4.69, 9.17) is 0 Å². The first kappa shape index (κ1) is 13.9. The molecule has 0 bridgehead atoms.